The van der Waals surface area contributed by atoms with Crippen molar-refractivity contribution in [2.45, 2.75) is 13.3 Å². The lowest BCUT2D eigenvalue weighted by molar-refractivity contribution is -0.135. The van der Waals surface area contributed by atoms with Gasteiger partial charge in [-0.25, -0.2) is 9.37 Å². The Hall–Kier alpha value is -3.92. The van der Waals surface area contributed by atoms with Crippen molar-refractivity contribution in [2.75, 3.05) is 40.0 Å². The lowest BCUT2D eigenvalue weighted by atomic mass is 10.1. The number of methoxy groups -OCH3 is 1. The first kappa shape index (κ1) is 22.9. The molecule has 1 N–H and O–H groups in total. The third-order valence-electron chi connectivity index (χ3n) is 5.84. The maximum absolute atomic E-state index is 15.0. The zero-order chi connectivity index (χ0) is 24.4. The van der Waals surface area contributed by atoms with Crippen LogP contribution in [0.1, 0.15) is 12.1 Å². The first-order chi connectivity index (χ1) is 17.0. The molecule has 4 heterocycles. The van der Waals surface area contributed by atoms with Gasteiger partial charge in [0, 0.05) is 36.4 Å². The van der Waals surface area contributed by atoms with Gasteiger partial charge in [0.05, 0.1) is 50.5 Å². The summed E-state index contributed by atoms with van der Waals surface area (Å²) in [7, 11) is 1.52. The van der Waals surface area contributed by atoms with Crippen molar-refractivity contribution in [3.63, 3.8) is 0 Å². The van der Waals surface area contributed by atoms with Crippen molar-refractivity contribution in [1.29, 1.82) is 0 Å². The molecule has 182 valence electrons. The van der Waals surface area contributed by atoms with Gasteiger partial charge >= 0.3 is 0 Å². The van der Waals surface area contributed by atoms with E-state index in [1.54, 1.807) is 35.4 Å². The predicted octanol–water partition coefficient (Wildman–Crippen LogP) is 3.99. The number of aromatic amines is 1. The number of ether oxygens (including phenoxy) is 4. The van der Waals surface area contributed by atoms with E-state index in [4.69, 9.17) is 18.9 Å². The lowest BCUT2D eigenvalue weighted by Crippen LogP contribution is -2.41. The van der Waals surface area contributed by atoms with Crippen LogP contribution < -0.4 is 14.2 Å². The van der Waals surface area contributed by atoms with E-state index in [-0.39, 0.29) is 24.7 Å². The van der Waals surface area contributed by atoms with Crippen molar-refractivity contribution >= 4 is 27.8 Å². The summed E-state index contributed by atoms with van der Waals surface area (Å²) < 4.78 is 37.6. The number of benzene rings is 1. The standard InChI is InChI=1S/C25H25FN4O5/c1-15-11-17-24(26)22(14-28-25(17)29-15)35-19-3-5-27-18-13-21(20(32-2)12-16(18)19)34-8-4-23(31)30-6-9-33-10-7-30/h3,5,11-14H,4,6-10H2,1-2H3,(H,28,29). The summed E-state index contributed by atoms with van der Waals surface area (Å²) in [5.74, 6) is 0.828. The number of fused-ring (bicyclic) bond motifs is 2. The minimum Gasteiger partial charge on any atom is -0.493 e. The van der Waals surface area contributed by atoms with E-state index in [2.05, 4.69) is 15.0 Å². The Morgan fingerprint density at radius 1 is 1.11 bits per heavy atom. The summed E-state index contributed by atoms with van der Waals surface area (Å²) in [6, 6.07) is 6.77. The van der Waals surface area contributed by atoms with Crippen LogP contribution in [-0.2, 0) is 9.53 Å². The Kier molecular flexibility index (Phi) is 6.37. The van der Waals surface area contributed by atoms with Crippen molar-refractivity contribution in [1.82, 2.24) is 19.9 Å². The number of amides is 1. The molecule has 5 rings (SSSR count). The lowest BCUT2D eigenvalue weighted by Gasteiger charge is -2.26. The molecule has 1 aliphatic rings. The van der Waals surface area contributed by atoms with Crippen molar-refractivity contribution in [3.05, 3.63) is 48.2 Å². The van der Waals surface area contributed by atoms with Gasteiger partial charge in [-0.15, -0.1) is 0 Å². The van der Waals surface area contributed by atoms with Gasteiger partial charge in [0.2, 0.25) is 5.91 Å². The second-order valence-corrected chi connectivity index (χ2v) is 8.17. The highest BCUT2D eigenvalue weighted by atomic mass is 19.1. The second-order valence-electron chi connectivity index (χ2n) is 8.17. The highest BCUT2D eigenvalue weighted by molar-refractivity contribution is 5.88. The van der Waals surface area contributed by atoms with Crippen LogP contribution in [0.4, 0.5) is 4.39 Å². The number of morpholine rings is 1. The fourth-order valence-corrected chi connectivity index (χ4v) is 4.06. The largest absolute Gasteiger partial charge is 0.493 e. The van der Waals surface area contributed by atoms with E-state index >= 15 is 4.39 Å². The quantitative estimate of drug-likeness (QED) is 0.427. The van der Waals surface area contributed by atoms with E-state index in [9.17, 15) is 4.79 Å². The van der Waals surface area contributed by atoms with Crippen LogP contribution in [0.15, 0.2) is 36.7 Å². The van der Waals surface area contributed by atoms with Crippen LogP contribution in [0.5, 0.6) is 23.0 Å². The Labute approximate surface area is 200 Å². The number of aromatic nitrogens is 3. The Morgan fingerprint density at radius 2 is 1.94 bits per heavy atom. The number of hydrogen-bond donors (Lipinski definition) is 1. The normalized spacial score (nSPS) is 13.9. The van der Waals surface area contributed by atoms with Gasteiger partial charge in [-0.1, -0.05) is 0 Å². The highest BCUT2D eigenvalue weighted by Gasteiger charge is 2.18. The van der Waals surface area contributed by atoms with Gasteiger partial charge in [0.1, 0.15) is 11.4 Å². The minimum atomic E-state index is -0.499. The molecule has 0 radical (unpaired) electrons. The molecule has 1 aromatic carbocycles. The SMILES string of the molecule is COc1cc2c(Oc3cnc4[nH]c(C)cc4c3F)ccnc2cc1OCCC(=O)N1CCOCC1. The third-order valence-corrected chi connectivity index (χ3v) is 5.84. The molecule has 0 unspecified atom stereocenters. The number of carbonyl (C=O) groups excluding carboxylic acids is 1. The summed E-state index contributed by atoms with van der Waals surface area (Å²) in [6.07, 6.45) is 3.16. The topological polar surface area (TPSA) is 98.8 Å². The van der Waals surface area contributed by atoms with Gasteiger partial charge in [-0.05, 0) is 25.1 Å². The van der Waals surface area contributed by atoms with Gasteiger partial charge in [0.15, 0.2) is 23.1 Å². The van der Waals surface area contributed by atoms with Crippen LogP contribution in [0.3, 0.4) is 0 Å². The molecule has 1 fully saturated rings. The molecule has 0 atom stereocenters. The summed E-state index contributed by atoms with van der Waals surface area (Å²) in [5.41, 5.74) is 1.84. The molecular weight excluding hydrogens is 455 g/mol. The molecule has 0 aliphatic carbocycles. The first-order valence-corrected chi connectivity index (χ1v) is 11.3. The molecule has 0 spiro atoms. The van der Waals surface area contributed by atoms with Crippen LogP contribution in [0.2, 0.25) is 0 Å². The molecule has 10 heteroatoms. The van der Waals surface area contributed by atoms with Crippen molar-refractivity contribution in [3.8, 4) is 23.0 Å². The molecule has 1 saturated heterocycles. The molecule has 1 amide bonds. The average Bonchev–Trinajstić information content (AvgIpc) is 3.27. The molecule has 0 saturated carbocycles. The maximum Gasteiger partial charge on any atom is 0.226 e. The van der Waals surface area contributed by atoms with E-state index in [0.29, 0.717) is 65.5 Å². The zero-order valence-electron chi connectivity index (χ0n) is 19.5. The molecule has 4 aromatic rings. The van der Waals surface area contributed by atoms with Gasteiger partial charge < -0.3 is 28.8 Å². The number of H-pyrrole nitrogens is 1. The van der Waals surface area contributed by atoms with Crippen LogP contribution in [-0.4, -0.2) is 65.8 Å². The zero-order valence-corrected chi connectivity index (χ0v) is 19.5. The summed E-state index contributed by atoms with van der Waals surface area (Å²) in [4.78, 5) is 25.8. The number of nitrogens with one attached hydrogen (secondary N) is 1. The highest BCUT2D eigenvalue weighted by Crippen LogP contribution is 2.38. The summed E-state index contributed by atoms with van der Waals surface area (Å²) >= 11 is 0. The van der Waals surface area contributed by atoms with Gasteiger partial charge in [0.25, 0.3) is 0 Å². The van der Waals surface area contributed by atoms with Gasteiger partial charge in [-0.2, -0.15) is 0 Å². The molecule has 3 aromatic heterocycles. The smallest absolute Gasteiger partial charge is 0.226 e. The fraction of sp³-hybridized carbons (Fsp3) is 0.320. The summed E-state index contributed by atoms with van der Waals surface area (Å²) in [5, 5.41) is 0.976. The van der Waals surface area contributed by atoms with Crippen LogP contribution in [0, 0.1) is 12.7 Å². The summed E-state index contributed by atoms with van der Waals surface area (Å²) in [6.45, 7) is 4.33. The van der Waals surface area contributed by atoms with Gasteiger partial charge in [-0.3, -0.25) is 9.78 Å². The fourth-order valence-electron chi connectivity index (χ4n) is 4.06. The van der Waals surface area contributed by atoms with Crippen LogP contribution in [0.25, 0.3) is 21.9 Å². The van der Waals surface area contributed by atoms with E-state index in [0.717, 1.165) is 5.69 Å². The number of pyridine rings is 2. The van der Waals surface area contributed by atoms with Crippen LogP contribution >= 0.6 is 0 Å². The molecule has 1 aliphatic heterocycles. The molecule has 9 nitrogen and oxygen atoms in total. The number of rotatable bonds is 7. The predicted molar refractivity (Wildman–Crippen MR) is 127 cm³/mol. The number of hydrogen-bond acceptors (Lipinski definition) is 7. The molecule has 0 bridgehead atoms. The molecule has 35 heavy (non-hydrogen) atoms. The first-order valence-electron chi connectivity index (χ1n) is 11.3. The number of carbonyl (C=O) groups is 1. The third kappa shape index (κ3) is 4.69. The second kappa shape index (κ2) is 9.75. The van der Waals surface area contributed by atoms with E-state index in [1.807, 2.05) is 6.92 Å². The number of nitrogens with zero attached hydrogens (tertiary/aromatic N) is 3. The van der Waals surface area contributed by atoms with Crippen molar-refractivity contribution in [2.24, 2.45) is 0 Å². The maximum atomic E-state index is 15.0. The Balaban J connectivity index is 1.36. The average molecular weight is 480 g/mol. The number of halogens is 1. The van der Waals surface area contributed by atoms with Crippen molar-refractivity contribution < 1.29 is 28.1 Å². The van der Waals surface area contributed by atoms with E-state index in [1.165, 1.54) is 13.3 Å². The Bertz CT molecular complexity index is 1380. The monoisotopic (exact) mass is 480 g/mol. The minimum absolute atomic E-state index is 0.00455. The number of aryl methyl sites for hydroxylation is 1. The van der Waals surface area contributed by atoms with E-state index < -0.39 is 5.82 Å². The Morgan fingerprint density at radius 3 is 2.74 bits per heavy atom. The molecular formula is C25H25FN4O5.